The summed E-state index contributed by atoms with van der Waals surface area (Å²) in [6, 6.07) is 0. The Bertz CT molecular complexity index is 1180. The lowest BCUT2D eigenvalue weighted by atomic mass is 9.49. The van der Waals surface area contributed by atoms with Gasteiger partial charge in [-0.1, -0.05) is 118 Å². The zero-order chi connectivity index (χ0) is 43.1. The van der Waals surface area contributed by atoms with Crippen molar-refractivity contribution in [3.8, 4) is 0 Å². The molecule has 7 heteroatoms. The second kappa shape index (κ2) is 20.5. The summed E-state index contributed by atoms with van der Waals surface area (Å²) in [5.74, 6) is 14.3. The molecule has 0 bridgehead atoms. The molecule has 1 N–H and O–H groups in total. The topological polar surface area (TPSA) is 82.2 Å². The van der Waals surface area contributed by atoms with Crippen molar-refractivity contribution in [2.45, 2.75) is 154 Å². The first kappa shape index (κ1) is 48.7. The summed E-state index contributed by atoms with van der Waals surface area (Å²) in [4.78, 5) is 0. The van der Waals surface area contributed by atoms with Gasteiger partial charge in [0, 0.05) is 7.11 Å². The Labute approximate surface area is 357 Å². The Morgan fingerprint density at radius 2 is 0.621 bits per heavy atom. The van der Waals surface area contributed by atoms with Gasteiger partial charge in [-0.2, -0.15) is 0 Å². The van der Waals surface area contributed by atoms with Crippen molar-refractivity contribution in [2.24, 2.45) is 124 Å². The molecule has 2 aliphatic heterocycles. The molecule has 19 atom stereocenters. The predicted octanol–water partition coefficient (Wildman–Crippen LogP) is 10.3. The van der Waals surface area contributed by atoms with E-state index in [1.54, 1.807) is 7.11 Å². The van der Waals surface area contributed by atoms with Gasteiger partial charge in [-0.3, -0.25) is 0 Å². The van der Waals surface area contributed by atoms with Crippen LogP contribution in [0.25, 0.3) is 0 Å². The highest BCUT2D eigenvalue weighted by Crippen LogP contribution is 2.57. The highest BCUT2D eigenvalue weighted by Gasteiger charge is 2.55. The van der Waals surface area contributed by atoms with E-state index in [4.69, 9.17) is 28.4 Å². The third-order valence-corrected chi connectivity index (χ3v) is 19.7. The van der Waals surface area contributed by atoms with Gasteiger partial charge in [0.05, 0.1) is 58.0 Å². The number of aliphatic hydroxyl groups excluding tert-OH is 1. The monoisotopic (exact) mass is 819 g/mol. The molecule has 2 heterocycles. The maximum absolute atomic E-state index is 10.1. The van der Waals surface area contributed by atoms with Crippen LogP contribution in [-0.2, 0) is 28.4 Å². The zero-order valence-corrected chi connectivity index (χ0v) is 40.7. The van der Waals surface area contributed by atoms with Crippen molar-refractivity contribution < 1.29 is 33.5 Å². The van der Waals surface area contributed by atoms with E-state index in [0.717, 1.165) is 79.7 Å². The SMILES string of the molecule is CC1C(C)C(C)C(C2C(C)C(C)C(OCC3CO3)C(C)C2C)C(C)C1C.COCC(O)COC1C(C)C(C)C(C2C(C)C(C)C(OCC3CO3)C(C)C2C)C(C)C1C. The quantitative estimate of drug-likeness (QED) is 0.185. The lowest BCUT2D eigenvalue weighted by Gasteiger charge is -2.57. The molecular weight excluding hydrogens is 725 g/mol. The second-order valence-electron chi connectivity index (χ2n) is 22.3. The summed E-state index contributed by atoms with van der Waals surface area (Å²) in [7, 11) is 1.62. The van der Waals surface area contributed by atoms with Crippen LogP contribution in [-0.4, -0.2) is 88.5 Å². The third kappa shape index (κ3) is 10.2. The van der Waals surface area contributed by atoms with Crippen molar-refractivity contribution in [1.82, 2.24) is 0 Å². The van der Waals surface area contributed by atoms with Gasteiger partial charge in [-0.25, -0.2) is 0 Å². The van der Waals surface area contributed by atoms with Crippen LogP contribution in [0.5, 0.6) is 0 Å². The normalized spacial score (nSPS) is 53.6. The second-order valence-corrected chi connectivity index (χ2v) is 22.3. The van der Waals surface area contributed by atoms with Crippen LogP contribution in [0.1, 0.15) is 118 Å². The molecular formula is C51H94O7. The average Bonchev–Trinajstić information content (AvgIpc) is 4.14. The molecule has 0 radical (unpaired) electrons. The molecule has 340 valence electrons. The molecule has 58 heavy (non-hydrogen) atoms. The summed E-state index contributed by atoms with van der Waals surface area (Å²) in [6.45, 7) is 45.9. The van der Waals surface area contributed by atoms with Crippen molar-refractivity contribution in [3.05, 3.63) is 0 Å². The molecule has 0 aromatic rings. The standard InChI is InChI=1S/C27H50O5.C24H44O2/c1-14-18(5)26(31-11-22(28)10-29-9)19(6)15(2)24(14)25-16(3)20(7)27(21(8)17(25)4)32-13-23-12-30-23;1-12-13(2)15(4)22(16(5)14(12)3)23-17(6)19(8)24(20(9)18(23)7)26-11-21-10-25-21/h14-28H,10-13H2,1-9H3;12-24H,10-11H2,1-9H3. The molecule has 6 fully saturated rings. The van der Waals surface area contributed by atoms with E-state index in [1.165, 1.54) is 0 Å². The van der Waals surface area contributed by atoms with Gasteiger partial charge in [0.25, 0.3) is 0 Å². The maximum atomic E-state index is 10.1. The molecule has 7 nitrogen and oxygen atoms in total. The molecule has 0 amide bonds. The summed E-state index contributed by atoms with van der Waals surface area (Å²) < 4.78 is 35.0. The van der Waals surface area contributed by atoms with E-state index in [2.05, 4.69) is 118 Å². The first-order chi connectivity index (χ1) is 27.3. The van der Waals surface area contributed by atoms with E-state index >= 15 is 0 Å². The Hall–Kier alpha value is -0.280. The van der Waals surface area contributed by atoms with Crippen LogP contribution in [0.15, 0.2) is 0 Å². The van der Waals surface area contributed by atoms with Gasteiger partial charge in [-0.05, 0) is 124 Å². The number of hydrogen-bond donors (Lipinski definition) is 1. The van der Waals surface area contributed by atoms with Crippen LogP contribution in [0, 0.1) is 124 Å². The van der Waals surface area contributed by atoms with Crippen molar-refractivity contribution in [2.75, 3.05) is 46.8 Å². The molecule has 0 aromatic heterocycles. The van der Waals surface area contributed by atoms with Crippen LogP contribution in [0.2, 0.25) is 0 Å². The van der Waals surface area contributed by atoms with Gasteiger partial charge >= 0.3 is 0 Å². The van der Waals surface area contributed by atoms with E-state index in [0.29, 0.717) is 109 Å². The molecule has 4 saturated carbocycles. The molecule has 19 unspecified atom stereocenters. The van der Waals surface area contributed by atoms with Gasteiger partial charge in [0.1, 0.15) is 18.3 Å². The van der Waals surface area contributed by atoms with Gasteiger partial charge in [0.15, 0.2) is 0 Å². The average molecular weight is 819 g/mol. The largest absolute Gasteiger partial charge is 0.388 e. The zero-order valence-electron chi connectivity index (χ0n) is 40.7. The number of epoxide rings is 2. The fourth-order valence-corrected chi connectivity index (χ4v) is 14.3. The first-order valence-corrected chi connectivity index (χ1v) is 24.5. The Kier molecular flexibility index (Phi) is 17.2. The van der Waals surface area contributed by atoms with Gasteiger partial charge in [0.2, 0.25) is 0 Å². The fourth-order valence-electron chi connectivity index (χ4n) is 14.3. The summed E-state index contributed by atoms with van der Waals surface area (Å²) in [5.41, 5.74) is 0. The maximum Gasteiger partial charge on any atom is 0.104 e. The van der Waals surface area contributed by atoms with Crippen LogP contribution in [0.4, 0.5) is 0 Å². The summed E-state index contributed by atoms with van der Waals surface area (Å²) in [5, 5.41) is 10.1. The molecule has 0 aromatic carbocycles. The minimum Gasteiger partial charge on any atom is -0.388 e. The van der Waals surface area contributed by atoms with Crippen LogP contribution in [0.3, 0.4) is 0 Å². The highest BCUT2D eigenvalue weighted by molar-refractivity contribution is 5.03. The molecule has 2 saturated heterocycles. The third-order valence-electron chi connectivity index (χ3n) is 19.7. The van der Waals surface area contributed by atoms with Crippen molar-refractivity contribution in [1.29, 1.82) is 0 Å². The lowest BCUT2D eigenvalue weighted by Crippen LogP contribution is -2.56. The number of rotatable bonds is 13. The van der Waals surface area contributed by atoms with E-state index < -0.39 is 6.10 Å². The number of ether oxygens (including phenoxy) is 6. The molecule has 6 aliphatic rings. The summed E-state index contributed by atoms with van der Waals surface area (Å²) in [6.07, 6.45) is 1.05. The Morgan fingerprint density at radius 3 is 0.879 bits per heavy atom. The van der Waals surface area contributed by atoms with Gasteiger partial charge < -0.3 is 33.5 Å². The van der Waals surface area contributed by atoms with Crippen LogP contribution >= 0.6 is 0 Å². The van der Waals surface area contributed by atoms with E-state index in [9.17, 15) is 5.11 Å². The summed E-state index contributed by atoms with van der Waals surface area (Å²) >= 11 is 0. The van der Waals surface area contributed by atoms with Crippen molar-refractivity contribution >= 4 is 0 Å². The lowest BCUT2D eigenvalue weighted by molar-refractivity contribution is -0.165. The minimum absolute atomic E-state index is 0.182. The van der Waals surface area contributed by atoms with E-state index in [-0.39, 0.29) is 6.10 Å². The fraction of sp³-hybridized carbons (Fsp3) is 1.00. The highest BCUT2D eigenvalue weighted by atomic mass is 16.6. The number of hydrogen-bond acceptors (Lipinski definition) is 7. The molecule has 0 spiro atoms. The van der Waals surface area contributed by atoms with E-state index in [1.807, 2.05) is 0 Å². The molecule has 4 aliphatic carbocycles. The predicted molar refractivity (Wildman–Crippen MR) is 236 cm³/mol. The minimum atomic E-state index is -0.555. The Balaban J connectivity index is 0.000000226. The van der Waals surface area contributed by atoms with Gasteiger partial charge in [-0.15, -0.1) is 0 Å². The first-order valence-electron chi connectivity index (χ1n) is 24.5. The van der Waals surface area contributed by atoms with Crippen molar-refractivity contribution in [3.63, 3.8) is 0 Å². The Morgan fingerprint density at radius 1 is 0.379 bits per heavy atom. The molecule has 6 rings (SSSR count). The van der Waals surface area contributed by atoms with Crippen LogP contribution < -0.4 is 0 Å². The number of methoxy groups -OCH3 is 1. The number of aliphatic hydroxyl groups is 1. The smallest absolute Gasteiger partial charge is 0.104 e.